The van der Waals surface area contributed by atoms with Crippen LogP contribution in [0.15, 0.2) is 35.9 Å². The van der Waals surface area contributed by atoms with E-state index in [0.29, 0.717) is 0 Å². The molecule has 1 aromatic carbocycles. The molecule has 1 rings (SSSR count). The van der Waals surface area contributed by atoms with Gasteiger partial charge in [0.05, 0.1) is 6.42 Å². The fraction of sp³-hybridized carbons (Fsp3) is 0.167. The molecular formula is C12H13FO4Si. The highest BCUT2D eigenvalue weighted by molar-refractivity contribution is 6.07. The van der Waals surface area contributed by atoms with Crippen LogP contribution in [0.2, 0.25) is 0 Å². The van der Waals surface area contributed by atoms with Gasteiger partial charge in [0.2, 0.25) is 10.5 Å². The molecule has 96 valence electrons. The fourth-order valence-electron chi connectivity index (χ4n) is 1.21. The Bertz CT molecular complexity index is 485. The number of rotatable bonds is 4. The lowest BCUT2D eigenvalue weighted by Gasteiger charge is -2.07. The topological polar surface area (TPSA) is 52.6 Å². The monoisotopic (exact) mass is 268 g/mol. The van der Waals surface area contributed by atoms with E-state index in [1.54, 1.807) is 13.0 Å². The van der Waals surface area contributed by atoms with Crippen molar-refractivity contribution in [2.45, 2.75) is 13.3 Å². The zero-order valence-corrected chi connectivity index (χ0v) is 12.1. The quantitative estimate of drug-likeness (QED) is 0.352. The third-order valence-electron chi connectivity index (χ3n) is 2.21. The number of esters is 1. The first kappa shape index (κ1) is 14.1. The lowest BCUT2D eigenvalue weighted by atomic mass is 10.2. The Labute approximate surface area is 107 Å². The summed E-state index contributed by atoms with van der Waals surface area (Å²) in [6.45, 7) is 1.60. The average molecular weight is 268 g/mol. The third-order valence-corrected chi connectivity index (χ3v) is 2.67. The number of benzene rings is 1. The second-order valence-electron chi connectivity index (χ2n) is 3.39. The van der Waals surface area contributed by atoms with Gasteiger partial charge in [-0.05, 0) is 19.1 Å². The van der Waals surface area contributed by atoms with E-state index in [1.165, 1.54) is 24.3 Å². The number of halogens is 1. The van der Waals surface area contributed by atoms with Crippen molar-refractivity contribution in [2.24, 2.45) is 0 Å². The molecule has 0 saturated carbocycles. The minimum absolute atomic E-state index is 0.138. The molecule has 0 saturated heterocycles. The van der Waals surface area contributed by atoms with Gasteiger partial charge < -0.3 is 9.16 Å². The number of ether oxygens (including phenoxy) is 1. The van der Waals surface area contributed by atoms with Gasteiger partial charge in [0.15, 0.2) is 11.6 Å². The minimum Gasteiger partial charge on any atom is -0.528 e. The number of carbonyl (C=O) groups is 2. The summed E-state index contributed by atoms with van der Waals surface area (Å²) in [6.07, 6.45) is 1.27. The van der Waals surface area contributed by atoms with Crippen LogP contribution in [-0.2, 0) is 14.0 Å². The number of allylic oxidation sites excluding steroid dienone is 1. The van der Waals surface area contributed by atoms with Crippen molar-refractivity contribution in [1.82, 2.24) is 0 Å². The average Bonchev–Trinajstić information content (AvgIpc) is 2.38. The molecule has 0 heterocycles. The second kappa shape index (κ2) is 6.70. The third kappa shape index (κ3) is 3.81. The zero-order chi connectivity index (χ0) is 13.5. The van der Waals surface area contributed by atoms with Crippen molar-refractivity contribution in [2.75, 3.05) is 0 Å². The van der Waals surface area contributed by atoms with Crippen molar-refractivity contribution >= 4 is 22.4 Å². The summed E-state index contributed by atoms with van der Waals surface area (Å²) in [6, 6.07) is 5.56. The van der Waals surface area contributed by atoms with Crippen LogP contribution in [0.25, 0.3) is 0 Å². The van der Waals surface area contributed by atoms with E-state index in [1.807, 2.05) is 0 Å². The van der Waals surface area contributed by atoms with E-state index < -0.39 is 17.8 Å². The zero-order valence-electron chi connectivity index (χ0n) is 10.1. The molecule has 0 aromatic heterocycles. The Morgan fingerprint density at radius 1 is 1.39 bits per heavy atom. The summed E-state index contributed by atoms with van der Waals surface area (Å²) in [4.78, 5) is 22.8. The SMILES string of the molecule is CC=C(CC(=O)O[SiH3])C(=O)Oc1ccccc1F. The number of carbonyl (C=O) groups excluding carboxylic acids is 2. The summed E-state index contributed by atoms with van der Waals surface area (Å²) in [5.74, 6) is -2.05. The standard InChI is InChI=1S/C12H13FO4Si/c1-2-8(7-11(14)17-18)12(15)16-10-6-4-3-5-9(10)13/h2-6H,7H2,1,18H3. The first-order valence-electron chi connectivity index (χ1n) is 5.27. The Balaban J connectivity index is 2.75. The van der Waals surface area contributed by atoms with Crippen LogP contribution in [-0.4, -0.2) is 22.4 Å². The van der Waals surface area contributed by atoms with E-state index >= 15 is 0 Å². The first-order valence-corrected chi connectivity index (χ1v) is 6.08. The van der Waals surface area contributed by atoms with Gasteiger partial charge in [-0.15, -0.1) is 0 Å². The molecule has 0 aliphatic carbocycles. The summed E-state index contributed by atoms with van der Waals surface area (Å²) in [5, 5.41) is 0. The molecule has 0 unspecified atom stereocenters. The molecule has 4 nitrogen and oxygen atoms in total. The van der Waals surface area contributed by atoms with Gasteiger partial charge in [-0.25, -0.2) is 9.18 Å². The Hall–Kier alpha value is -1.95. The molecule has 0 atom stereocenters. The molecule has 6 heteroatoms. The first-order chi connectivity index (χ1) is 8.58. The molecule has 18 heavy (non-hydrogen) atoms. The van der Waals surface area contributed by atoms with Gasteiger partial charge >= 0.3 is 5.97 Å². The fourth-order valence-corrected chi connectivity index (χ4v) is 1.36. The normalized spacial score (nSPS) is 11.1. The van der Waals surface area contributed by atoms with Crippen LogP contribution in [0.1, 0.15) is 13.3 Å². The van der Waals surface area contributed by atoms with E-state index in [-0.39, 0.29) is 28.2 Å². The van der Waals surface area contributed by atoms with Gasteiger partial charge in [0.25, 0.3) is 5.97 Å². The maximum atomic E-state index is 13.3. The lowest BCUT2D eigenvalue weighted by Crippen LogP contribution is -2.15. The Morgan fingerprint density at radius 3 is 2.61 bits per heavy atom. The largest absolute Gasteiger partial charge is 0.528 e. The molecule has 0 N–H and O–H groups in total. The van der Waals surface area contributed by atoms with Crippen LogP contribution < -0.4 is 4.74 Å². The molecule has 0 amide bonds. The van der Waals surface area contributed by atoms with E-state index in [4.69, 9.17) is 4.74 Å². The summed E-state index contributed by atoms with van der Waals surface area (Å²) < 4.78 is 22.7. The molecule has 0 aliphatic rings. The van der Waals surface area contributed by atoms with E-state index in [9.17, 15) is 14.0 Å². The Kier molecular flexibility index (Phi) is 5.25. The molecule has 0 spiro atoms. The van der Waals surface area contributed by atoms with Gasteiger partial charge in [-0.2, -0.15) is 0 Å². The Morgan fingerprint density at radius 2 is 2.06 bits per heavy atom. The highest BCUT2D eigenvalue weighted by atomic mass is 28.2. The molecule has 0 bridgehead atoms. The second-order valence-corrected chi connectivity index (χ2v) is 3.80. The van der Waals surface area contributed by atoms with Crippen LogP contribution in [0.5, 0.6) is 5.75 Å². The van der Waals surface area contributed by atoms with Crippen molar-refractivity contribution in [3.05, 3.63) is 41.7 Å². The summed E-state index contributed by atoms with van der Waals surface area (Å²) in [5.41, 5.74) is 0.138. The molecular weight excluding hydrogens is 255 g/mol. The molecule has 0 aliphatic heterocycles. The van der Waals surface area contributed by atoms with Crippen molar-refractivity contribution in [3.63, 3.8) is 0 Å². The predicted octanol–water partition coefficient (Wildman–Crippen LogP) is 0.891. The van der Waals surface area contributed by atoms with Crippen LogP contribution in [0.3, 0.4) is 0 Å². The molecule has 0 fully saturated rings. The minimum atomic E-state index is -0.755. The van der Waals surface area contributed by atoms with Gasteiger partial charge in [0.1, 0.15) is 0 Å². The van der Waals surface area contributed by atoms with Crippen LogP contribution in [0.4, 0.5) is 4.39 Å². The van der Waals surface area contributed by atoms with Crippen molar-refractivity contribution in [1.29, 1.82) is 0 Å². The molecule has 0 radical (unpaired) electrons. The van der Waals surface area contributed by atoms with E-state index in [2.05, 4.69) is 4.43 Å². The van der Waals surface area contributed by atoms with E-state index in [0.717, 1.165) is 0 Å². The highest BCUT2D eigenvalue weighted by Gasteiger charge is 2.16. The molecule has 1 aromatic rings. The van der Waals surface area contributed by atoms with Gasteiger partial charge in [-0.3, -0.25) is 4.79 Å². The number of para-hydroxylation sites is 1. The summed E-state index contributed by atoms with van der Waals surface area (Å²) in [7, 11) is 0.264. The summed E-state index contributed by atoms with van der Waals surface area (Å²) >= 11 is 0. The maximum absolute atomic E-state index is 13.3. The maximum Gasteiger partial charge on any atom is 0.339 e. The van der Waals surface area contributed by atoms with Crippen LogP contribution in [0, 0.1) is 5.82 Å². The lowest BCUT2D eigenvalue weighted by molar-refractivity contribution is -0.136. The van der Waals surface area contributed by atoms with Gasteiger partial charge in [-0.1, -0.05) is 18.2 Å². The van der Waals surface area contributed by atoms with Crippen LogP contribution >= 0.6 is 0 Å². The number of hydrogen-bond donors (Lipinski definition) is 0. The predicted molar refractivity (Wildman–Crippen MR) is 66.4 cm³/mol. The smallest absolute Gasteiger partial charge is 0.339 e. The van der Waals surface area contributed by atoms with Crippen molar-refractivity contribution in [3.8, 4) is 5.75 Å². The highest BCUT2D eigenvalue weighted by Crippen LogP contribution is 2.17. The van der Waals surface area contributed by atoms with Crippen molar-refractivity contribution < 1.29 is 23.1 Å². The number of hydrogen-bond acceptors (Lipinski definition) is 4. The van der Waals surface area contributed by atoms with Gasteiger partial charge in [0, 0.05) is 5.57 Å².